The molecule has 35 heavy (non-hydrogen) atoms. The molecule has 3 rings (SSSR count). The molecule has 0 saturated carbocycles. The molecule has 5 heteroatoms. The number of nitrogens with zero attached hydrogens (tertiary/aromatic N) is 4. The molecule has 1 aliphatic heterocycles. The molecule has 1 saturated heterocycles. The van der Waals surface area contributed by atoms with Gasteiger partial charge in [-0.05, 0) is 76.1 Å². The van der Waals surface area contributed by atoms with E-state index >= 15 is 0 Å². The molecule has 0 aromatic heterocycles. The molecule has 1 atom stereocenters. The SMILES string of the molecule is CCN(CC1=CCCCC=C1)C(=O)CCCCCN1CCCN(C2=CC=CC(C)C=C2C#N)CC1. The molecule has 0 bridgehead atoms. The second-order valence-electron chi connectivity index (χ2n) is 10.0. The normalized spacial score (nSPS) is 21.2. The largest absolute Gasteiger partial charge is 0.369 e. The Morgan fingerprint density at radius 1 is 1.14 bits per heavy atom. The Kier molecular flexibility index (Phi) is 11.4. The van der Waals surface area contributed by atoms with Crippen LogP contribution in [0.15, 0.2) is 59.4 Å². The quantitative estimate of drug-likeness (QED) is 0.385. The first kappa shape index (κ1) is 27.0. The molecule has 0 radical (unpaired) electrons. The second-order valence-corrected chi connectivity index (χ2v) is 10.0. The predicted molar refractivity (Wildman–Crippen MR) is 145 cm³/mol. The van der Waals surface area contributed by atoms with E-state index in [-0.39, 0.29) is 5.91 Å². The molecule has 0 aromatic carbocycles. The third-order valence-electron chi connectivity index (χ3n) is 7.21. The van der Waals surface area contributed by atoms with E-state index in [0.29, 0.717) is 12.3 Å². The first-order chi connectivity index (χ1) is 17.1. The van der Waals surface area contributed by atoms with Crippen LogP contribution in [0.4, 0.5) is 0 Å². The molecule has 1 heterocycles. The summed E-state index contributed by atoms with van der Waals surface area (Å²) in [6, 6.07) is 2.41. The van der Waals surface area contributed by atoms with Crippen LogP contribution in [-0.4, -0.2) is 66.4 Å². The van der Waals surface area contributed by atoms with Gasteiger partial charge >= 0.3 is 0 Å². The van der Waals surface area contributed by atoms with Gasteiger partial charge in [-0.1, -0.05) is 49.8 Å². The van der Waals surface area contributed by atoms with E-state index < -0.39 is 0 Å². The summed E-state index contributed by atoms with van der Waals surface area (Å²) in [7, 11) is 0. The lowest BCUT2D eigenvalue weighted by atomic mass is 10.1. The van der Waals surface area contributed by atoms with Gasteiger partial charge in [0.1, 0.15) is 6.07 Å². The minimum Gasteiger partial charge on any atom is -0.369 e. The van der Waals surface area contributed by atoms with Crippen molar-refractivity contribution in [3.05, 3.63) is 59.4 Å². The number of unbranched alkanes of at least 4 members (excludes halogenated alkanes) is 2. The molecule has 1 fully saturated rings. The van der Waals surface area contributed by atoms with Crippen molar-refractivity contribution in [1.82, 2.24) is 14.7 Å². The van der Waals surface area contributed by atoms with Crippen molar-refractivity contribution >= 4 is 5.91 Å². The lowest BCUT2D eigenvalue weighted by Crippen LogP contribution is -2.32. The highest BCUT2D eigenvalue weighted by Crippen LogP contribution is 2.22. The lowest BCUT2D eigenvalue weighted by Gasteiger charge is -2.26. The summed E-state index contributed by atoms with van der Waals surface area (Å²) in [5, 5.41) is 9.65. The van der Waals surface area contributed by atoms with Crippen LogP contribution >= 0.6 is 0 Å². The molecule has 0 N–H and O–H groups in total. The average molecular weight is 477 g/mol. The maximum atomic E-state index is 12.7. The van der Waals surface area contributed by atoms with Crippen LogP contribution in [0.1, 0.15) is 65.2 Å². The van der Waals surface area contributed by atoms with Crippen LogP contribution < -0.4 is 0 Å². The third-order valence-corrected chi connectivity index (χ3v) is 7.21. The Balaban J connectivity index is 1.36. The Labute approximate surface area is 213 Å². The number of nitriles is 1. The first-order valence-electron chi connectivity index (χ1n) is 13.7. The highest BCUT2D eigenvalue weighted by atomic mass is 16.2. The summed E-state index contributed by atoms with van der Waals surface area (Å²) >= 11 is 0. The summed E-state index contributed by atoms with van der Waals surface area (Å²) in [5.74, 6) is 0.585. The van der Waals surface area contributed by atoms with Crippen LogP contribution in [0, 0.1) is 17.2 Å². The van der Waals surface area contributed by atoms with Crippen molar-refractivity contribution in [2.75, 3.05) is 45.8 Å². The number of hydrogen-bond acceptors (Lipinski definition) is 4. The molecular weight excluding hydrogens is 432 g/mol. The fourth-order valence-corrected chi connectivity index (χ4v) is 5.11. The standard InChI is InChI=1S/C30H44N4O/c1-3-33(25-27-14-7-4-5-8-15-27)30(35)17-9-6-10-18-32-19-12-20-34(22-21-32)29-16-11-13-26(2)23-28(29)24-31/h7,11,13-16,23,26H,3-6,8-10,12,17-22,25H2,1-2H3. The second kappa shape index (κ2) is 14.7. The van der Waals surface area contributed by atoms with Crippen molar-refractivity contribution in [2.45, 2.75) is 65.2 Å². The molecule has 1 unspecified atom stereocenters. The van der Waals surface area contributed by atoms with Crippen LogP contribution in [-0.2, 0) is 4.79 Å². The fourth-order valence-electron chi connectivity index (χ4n) is 5.11. The zero-order chi connectivity index (χ0) is 24.9. The molecule has 3 aliphatic rings. The average Bonchev–Trinajstić information content (AvgIpc) is 3.33. The summed E-state index contributed by atoms with van der Waals surface area (Å²) in [6.07, 6.45) is 23.6. The Morgan fingerprint density at radius 2 is 2.03 bits per heavy atom. The lowest BCUT2D eigenvalue weighted by molar-refractivity contribution is -0.130. The van der Waals surface area contributed by atoms with Gasteiger partial charge in [-0.25, -0.2) is 0 Å². The van der Waals surface area contributed by atoms with Gasteiger partial charge in [0.05, 0.1) is 11.3 Å². The number of likely N-dealkylation sites (N-methyl/N-ethyl adjacent to an activating group) is 1. The predicted octanol–water partition coefficient (Wildman–Crippen LogP) is 5.61. The number of amides is 1. The van der Waals surface area contributed by atoms with Crippen LogP contribution in [0.3, 0.4) is 0 Å². The van der Waals surface area contributed by atoms with Gasteiger partial charge in [0.15, 0.2) is 0 Å². The van der Waals surface area contributed by atoms with Gasteiger partial charge in [0, 0.05) is 39.1 Å². The molecule has 190 valence electrons. The molecule has 1 amide bonds. The maximum absolute atomic E-state index is 12.7. The van der Waals surface area contributed by atoms with Crippen LogP contribution in [0.2, 0.25) is 0 Å². The summed E-state index contributed by atoms with van der Waals surface area (Å²) < 4.78 is 0. The van der Waals surface area contributed by atoms with Crippen LogP contribution in [0.25, 0.3) is 0 Å². The van der Waals surface area contributed by atoms with Gasteiger partial charge in [-0.15, -0.1) is 0 Å². The van der Waals surface area contributed by atoms with E-state index in [4.69, 9.17) is 0 Å². The number of carbonyl (C=O) groups excluding carboxylic acids is 1. The van der Waals surface area contributed by atoms with Gasteiger partial charge in [0.25, 0.3) is 0 Å². The Morgan fingerprint density at radius 3 is 2.86 bits per heavy atom. The number of hydrogen-bond donors (Lipinski definition) is 0. The van der Waals surface area contributed by atoms with Gasteiger partial charge in [-0.3, -0.25) is 4.79 Å². The van der Waals surface area contributed by atoms with E-state index in [1.165, 1.54) is 12.0 Å². The third kappa shape index (κ3) is 8.85. The molecule has 0 spiro atoms. The maximum Gasteiger partial charge on any atom is 0.222 e. The van der Waals surface area contributed by atoms with Gasteiger partial charge in [-0.2, -0.15) is 5.26 Å². The van der Waals surface area contributed by atoms with Crippen molar-refractivity contribution in [3.8, 4) is 6.07 Å². The highest BCUT2D eigenvalue weighted by molar-refractivity contribution is 5.76. The Hall–Kier alpha value is -2.58. The highest BCUT2D eigenvalue weighted by Gasteiger charge is 2.20. The summed E-state index contributed by atoms with van der Waals surface area (Å²) in [5.41, 5.74) is 3.16. The minimum absolute atomic E-state index is 0.290. The van der Waals surface area contributed by atoms with Crippen molar-refractivity contribution in [2.24, 2.45) is 5.92 Å². The number of rotatable bonds is 10. The van der Waals surface area contributed by atoms with E-state index in [9.17, 15) is 10.1 Å². The fraction of sp³-hybridized carbons (Fsp3) is 0.600. The molecule has 0 aromatic rings. The van der Waals surface area contributed by atoms with E-state index in [1.807, 2.05) is 4.90 Å². The summed E-state index contributed by atoms with van der Waals surface area (Å²) in [6.45, 7) is 10.9. The van der Waals surface area contributed by atoms with Gasteiger partial charge < -0.3 is 14.7 Å². The van der Waals surface area contributed by atoms with Crippen molar-refractivity contribution in [3.63, 3.8) is 0 Å². The van der Waals surface area contributed by atoms with Crippen molar-refractivity contribution in [1.29, 1.82) is 5.26 Å². The Bertz CT molecular complexity index is 889. The van der Waals surface area contributed by atoms with Gasteiger partial charge in [0.2, 0.25) is 5.91 Å². The summed E-state index contributed by atoms with van der Waals surface area (Å²) in [4.78, 5) is 19.7. The smallest absolute Gasteiger partial charge is 0.222 e. The number of allylic oxidation sites excluding steroid dienone is 7. The van der Waals surface area contributed by atoms with Crippen molar-refractivity contribution < 1.29 is 4.79 Å². The molecule has 2 aliphatic carbocycles. The zero-order valence-corrected chi connectivity index (χ0v) is 21.9. The monoisotopic (exact) mass is 476 g/mol. The number of carbonyl (C=O) groups is 1. The van der Waals surface area contributed by atoms with E-state index in [0.717, 1.165) is 95.6 Å². The van der Waals surface area contributed by atoms with E-state index in [2.05, 4.69) is 72.2 Å². The van der Waals surface area contributed by atoms with E-state index in [1.54, 1.807) is 0 Å². The minimum atomic E-state index is 0.290. The zero-order valence-electron chi connectivity index (χ0n) is 21.9. The first-order valence-corrected chi connectivity index (χ1v) is 13.7. The topological polar surface area (TPSA) is 50.6 Å². The molecular formula is C30H44N4O. The van der Waals surface area contributed by atoms with Crippen LogP contribution in [0.5, 0.6) is 0 Å². The molecule has 5 nitrogen and oxygen atoms in total.